The number of carboxylic acid groups (broad SMARTS) is 1. The lowest BCUT2D eigenvalue weighted by atomic mass is 10.0. The predicted octanol–water partition coefficient (Wildman–Crippen LogP) is 2.97. The van der Waals surface area contributed by atoms with Crippen molar-refractivity contribution in [2.45, 2.75) is 31.4 Å². The molecule has 0 saturated heterocycles. The lowest BCUT2D eigenvalue weighted by molar-refractivity contribution is -0.144. The molecular weight excluding hydrogens is 318 g/mol. The summed E-state index contributed by atoms with van der Waals surface area (Å²) in [6.45, 7) is 0. The van der Waals surface area contributed by atoms with Gasteiger partial charge < -0.3 is 15.2 Å². The fourth-order valence-corrected chi connectivity index (χ4v) is 2.68. The van der Waals surface area contributed by atoms with E-state index in [1.54, 1.807) is 12.1 Å². The monoisotopic (exact) mass is 341 g/mol. The van der Waals surface area contributed by atoms with E-state index in [9.17, 15) is 14.7 Å². The van der Waals surface area contributed by atoms with Crippen molar-refractivity contribution in [3.05, 3.63) is 71.8 Å². The Labute approximate surface area is 147 Å². The molecule has 2 rings (SSSR count). The minimum absolute atomic E-state index is 0.362. The summed E-state index contributed by atoms with van der Waals surface area (Å²) in [6, 6.07) is 17.9. The standard InChI is InChI=1S/C20H23NO4/c1-25-18(16-12-6-3-7-13-16)19(22)21-17(20(23)24)14-8-11-15-9-4-2-5-10-15/h2-7,9-10,12-13,17-18H,8,11,14H2,1H3,(H,21,22)(H,23,24)/t17-,18+/m1/s1. The number of rotatable bonds is 9. The third-order valence-electron chi connectivity index (χ3n) is 3.99. The van der Waals surface area contributed by atoms with Crippen molar-refractivity contribution in [3.63, 3.8) is 0 Å². The first-order valence-corrected chi connectivity index (χ1v) is 8.26. The highest BCUT2D eigenvalue weighted by Gasteiger charge is 2.26. The van der Waals surface area contributed by atoms with Gasteiger partial charge in [0, 0.05) is 7.11 Å². The first-order valence-electron chi connectivity index (χ1n) is 8.26. The lowest BCUT2D eigenvalue weighted by Gasteiger charge is -2.19. The number of benzene rings is 2. The van der Waals surface area contributed by atoms with Crippen LogP contribution in [0, 0.1) is 0 Å². The number of ether oxygens (including phenoxy) is 1. The Morgan fingerprint density at radius 3 is 2.20 bits per heavy atom. The van der Waals surface area contributed by atoms with Crippen molar-refractivity contribution in [3.8, 4) is 0 Å². The van der Waals surface area contributed by atoms with Gasteiger partial charge in [-0.05, 0) is 30.4 Å². The summed E-state index contributed by atoms with van der Waals surface area (Å²) in [4.78, 5) is 23.9. The smallest absolute Gasteiger partial charge is 0.326 e. The molecule has 132 valence electrons. The maximum atomic E-state index is 12.4. The summed E-state index contributed by atoms with van der Waals surface area (Å²) in [6.07, 6.45) is 0.982. The van der Waals surface area contributed by atoms with E-state index in [1.165, 1.54) is 7.11 Å². The molecule has 0 unspecified atom stereocenters. The Morgan fingerprint density at radius 2 is 1.64 bits per heavy atom. The number of carboxylic acids is 1. The molecule has 25 heavy (non-hydrogen) atoms. The van der Waals surface area contributed by atoms with Crippen LogP contribution in [0.15, 0.2) is 60.7 Å². The summed E-state index contributed by atoms with van der Waals surface area (Å²) in [5.41, 5.74) is 1.84. The minimum Gasteiger partial charge on any atom is -0.480 e. The molecule has 5 nitrogen and oxygen atoms in total. The van der Waals surface area contributed by atoms with Gasteiger partial charge in [0.2, 0.25) is 0 Å². The van der Waals surface area contributed by atoms with E-state index >= 15 is 0 Å². The SMILES string of the molecule is CO[C@H](C(=O)N[C@H](CCCc1ccccc1)C(=O)O)c1ccccc1. The fraction of sp³-hybridized carbons (Fsp3) is 0.300. The Hall–Kier alpha value is -2.66. The highest BCUT2D eigenvalue weighted by atomic mass is 16.5. The molecule has 0 spiro atoms. The molecule has 2 aromatic rings. The first-order chi connectivity index (χ1) is 12.1. The maximum Gasteiger partial charge on any atom is 0.326 e. The number of carbonyl (C=O) groups is 2. The quantitative estimate of drug-likeness (QED) is 0.735. The van der Waals surface area contributed by atoms with E-state index in [1.807, 2.05) is 48.5 Å². The van der Waals surface area contributed by atoms with Crippen LogP contribution in [-0.2, 0) is 20.7 Å². The molecule has 0 heterocycles. The van der Waals surface area contributed by atoms with E-state index in [-0.39, 0.29) is 0 Å². The molecule has 0 aromatic heterocycles. The minimum atomic E-state index is -1.04. The summed E-state index contributed by atoms with van der Waals surface area (Å²) >= 11 is 0. The van der Waals surface area contributed by atoms with E-state index < -0.39 is 24.0 Å². The number of carbonyl (C=O) groups excluding carboxylic acids is 1. The van der Waals surface area contributed by atoms with E-state index in [0.717, 1.165) is 12.0 Å². The van der Waals surface area contributed by atoms with Crippen LogP contribution in [0.1, 0.15) is 30.1 Å². The van der Waals surface area contributed by atoms with Crippen LogP contribution in [0.2, 0.25) is 0 Å². The van der Waals surface area contributed by atoms with Crippen molar-refractivity contribution in [1.29, 1.82) is 0 Å². The molecule has 0 aliphatic carbocycles. The number of nitrogens with one attached hydrogen (secondary N) is 1. The number of aryl methyl sites for hydroxylation is 1. The number of methoxy groups -OCH3 is 1. The normalized spacial score (nSPS) is 13.0. The molecule has 2 N–H and O–H groups in total. The van der Waals surface area contributed by atoms with Gasteiger partial charge in [-0.25, -0.2) is 4.79 Å². The average Bonchev–Trinajstić information content (AvgIpc) is 2.63. The molecule has 0 bridgehead atoms. The third-order valence-corrected chi connectivity index (χ3v) is 3.99. The van der Waals surface area contributed by atoms with Crippen molar-refractivity contribution in [2.24, 2.45) is 0 Å². The molecular formula is C20H23NO4. The van der Waals surface area contributed by atoms with Crippen LogP contribution in [0.25, 0.3) is 0 Å². The largest absolute Gasteiger partial charge is 0.480 e. The van der Waals surface area contributed by atoms with Gasteiger partial charge in [-0.15, -0.1) is 0 Å². The second-order valence-electron chi connectivity index (χ2n) is 5.80. The fourth-order valence-electron chi connectivity index (χ4n) is 2.68. The molecule has 0 aliphatic rings. The summed E-state index contributed by atoms with van der Waals surface area (Å²) in [7, 11) is 1.43. The van der Waals surface area contributed by atoms with Gasteiger partial charge in [0.1, 0.15) is 6.04 Å². The van der Waals surface area contributed by atoms with Gasteiger partial charge in [0.25, 0.3) is 5.91 Å². The Morgan fingerprint density at radius 1 is 1.04 bits per heavy atom. The van der Waals surface area contributed by atoms with E-state index in [4.69, 9.17) is 4.74 Å². The average molecular weight is 341 g/mol. The maximum absolute atomic E-state index is 12.4. The van der Waals surface area contributed by atoms with Gasteiger partial charge >= 0.3 is 5.97 Å². The molecule has 1 amide bonds. The zero-order valence-electron chi connectivity index (χ0n) is 14.2. The van der Waals surface area contributed by atoms with Gasteiger partial charge in [0.15, 0.2) is 6.10 Å². The number of amides is 1. The van der Waals surface area contributed by atoms with Crippen LogP contribution in [0.5, 0.6) is 0 Å². The lowest BCUT2D eigenvalue weighted by Crippen LogP contribution is -2.43. The molecule has 0 aliphatic heterocycles. The molecule has 0 fully saturated rings. The molecule has 2 atom stereocenters. The zero-order valence-corrected chi connectivity index (χ0v) is 14.2. The van der Waals surface area contributed by atoms with Crippen molar-refractivity contribution >= 4 is 11.9 Å². The van der Waals surface area contributed by atoms with Gasteiger partial charge in [-0.3, -0.25) is 4.79 Å². The number of hydrogen-bond donors (Lipinski definition) is 2. The van der Waals surface area contributed by atoms with Gasteiger partial charge in [0.05, 0.1) is 0 Å². The van der Waals surface area contributed by atoms with Crippen LogP contribution in [0.4, 0.5) is 0 Å². The molecule has 0 saturated carbocycles. The third kappa shape index (κ3) is 5.72. The van der Waals surface area contributed by atoms with E-state index in [0.29, 0.717) is 18.4 Å². The van der Waals surface area contributed by atoms with Crippen LogP contribution < -0.4 is 5.32 Å². The Kier molecular flexibility index (Phi) is 7.16. The number of hydrogen-bond acceptors (Lipinski definition) is 3. The van der Waals surface area contributed by atoms with Crippen molar-refractivity contribution in [1.82, 2.24) is 5.32 Å². The zero-order chi connectivity index (χ0) is 18.1. The van der Waals surface area contributed by atoms with Gasteiger partial charge in [-0.2, -0.15) is 0 Å². The van der Waals surface area contributed by atoms with Gasteiger partial charge in [-0.1, -0.05) is 60.7 Å². The Bertz CT molecular complexity index is 673. The predicted molar refractivity (Wildman–Crippen MR) is 95.1 cm³/mol. The van der Waals surface area contributed by atoms with Crippen LogP contribution in [0.3, 0.4) is 0 Å². The first kappa shape index (κ1) is 18.7. The topological polar surface area (TPSA) is 75.6 Å². The second kappa shape index (κ2) is 9.59. The molecule has 0 radical (unpaired) electrons. The highest BCUT2D eigenvalue weighted by Crippen LogP contribution is 2.17. The van der Waals surface area contributed by atoms with Crippen LogP contribution >= 0.6 is 0 Å². The number of aliphatic carboxylic acids is 1. The van der Waals surface area contributed by atoms with E-state index in [2.05, 4.69) is 5.32 Å². The summed E-state index contributed by atoms with van der Waals surface area (Å²) in [5.74, 6) is -1.48. The van der Waals surface area contributed by atoms with Crippen molar-refractivity contribution < 1.29 is 19.4 Å². The van der Waals surface area contributed by atoms with Crippen molar-refractivity contribution in [2.75, 3.05) is 7.11 Å². The molecule has 2 aromatic carbocycles. The molecule has 5 heteroatoms. The summed E-state index contributed by atoms with van der Waals surface area (Å²) < 4.78 is 5.25. The second-order valence-corrected chi connectivity index (χ2v) is 5.80. The Balaban J connectivity index is 1.93. The summed E-state index contributed by atoms with van der Waals surface area (Å²) in [5, 5.41) is 12.0. The van der Waals surface area contributed by atoms with Crippen LogP contribution in [-0.4, -0.2) is 30.1 Å². The highest BCUT2D eigenvalue weighted by molar-refractivity contribution is 5.87.